The van der Waals surface area contributed by atoms with Gasteiger partial charge >= 0.3 is 0 Å². The van der Waals surface area contributed by atoms with Gasteiger partial charge in [-0.15, -0.1) is 5.10 Å². The molecule has 22 heavy (non-hydrogen) atoms. The number of anilines is 2. The van der Waals surface area contributed by atoms with Crippen molar-refractivity contribution in [2.45, 2.75) is 13.8 Å². The third-order valence-electron chi connectivity index (χ3n) is 3.19. The van der Waals surface area contributed by atoms with E-state index >= 15 is 0 Å². The second kappa shape index (κ2) is 5.15. The Balaban J connectivity index is 2.09. The first-order chi connectivity index (χ1) is 10.6. The lowest BCUT2D eigenvalue weighted by Gasteiger charge is -2.01. The molecule has 0 bridgehead atoms. The minimum Gasteiger partial charge on any atom is -0.323 e. The Kier molecular flexibility index (Phi) is 3.17. The van der Waals surface area contributed by atoms with Gasteiger partial charge in [0.15, 0.2) is 5.69 Å². The van der Waals surface area contributed by atoms with Crippen molar-refractivity contribution < 1.29 is 0 Å². The van der Waals surface area contributed by atoms with E-state index in [9.17, 15) is 5.26 Å². The average molecular weight is 289 g/mol. The highest BCUT2D eigenvalue weighted by Crippen LogP contribution is 2.17. The maximum absolute atomic E-state index is 9.26. The zero-order chi connectivity index (χ0) is 15.7. The van der Waals surface area contributed by atoms with Crippen LogP contribution in [-0.2, 0) is 0 Å². The number of aromatic nitrogens is 4. The third kappa shape index (κ3) is 2.21. The number of nitrogens with one attached hydrogen (secondary N) is 1. The van der Waals surface area contributed by atoms with Crippen molar-refractivity contribution in [3.8, 4) is 12.1 Å². The van der Waals surface area contributed by atoms with Gasteiger partial charge in [0.25, 0.3) is 5.78 Å². The van der Waals surface area contributed by atoms with Crippen molar-refractivity contribution in [2.24, 2.45) is 0 Å². The molecule has 0 unspecified atom stereocenters. The SMILES string of the molecule is Cc1ccc(Nc2nc3nc(C)c(C#N)c(C#N)n3n2)cc1. The van der Waals surface area contributed by atoms with Crippen LogP contribution in [0.25, 0.3) is 5.78 Å². The molecule has 0 spiro atoms. The normalized spacial score (nSPS) is 10.2. The van der Waals surface area contributed by atoms with E-state index in [0.29, 0.717) is 11.6 Å². The molecule has 2 heterocycles. The van der Waals surface area contributed by atoms with E-state index in [0.717, 1.165) is 11.3 Å². The zero-order valence-electron chi connectivity index (χ0n) is 12.0. The minimum atomic E-state index is 0.134. The van der Waals surface area contributed by atoms with E-state index in [1.165, 1.54) is 4.52 Å². The van der Waals surface area contributed by atoms with Crippen molar-refractivity contribution in [2.75, 3.05) is 5.32 Å². The topological polar surface area (TPSA) is 103 Å². The summed E-state index contributed by atoms with van der Waals surface area (Å²) >= 11 is 0. The Morgan fingerprint density at radius 2 is 1.77 bits per heavy atom. The second-order valence-corrected chi connectivity index (χ2v) is 4.78. The predicted molar refractivity (Wildman–Crippen MR) is 79.4 cm³/mol. The minimum absolute atomic E-state index is 0.134. The van der Waals surface area contributed by atoms with Crippen LogP contribution in [0.1, 0.15) is 22.5 Å². The Morgan fingerprint density at radius 1 is 1.05 bits per heavy atom. The smallest absolute Gasteiger partial charge is 0.255 e. The summed E-state index contributed by atoms with van der Waals surface area (Å²) in [6, 6.07) is 11.7. The van der Waals surface area contributed by atoms with E-state index < -0.39 is 0 Å². The van der Waals surface area contributed by atoms with Gasteiger partial charge in [0, 0.05) is 5.69 Å². The van der Waals surface area contributed by atoms with Crippen molar-refractivity contribution in [3.05, 3.63) is 46.8 Å². The van der Waals surface area contributed by atoms with Gasteiger partial charge in [-0.2, -0.15) is 20.0 Å². The first-order valence-corrected chi connectivity index (χ1v) is 6.53. The summed E-state index contributed by atoms with van der Waals surface area (Å²) in [7, 11) is 0. The molecular formula is C15H11N7. The number of rotatable bonds is 2. The number of hydrogen-bond donors (Lipinski definition) is 1. The molecule has 0 aliphatic rings. The van der Waals surface area contributed by atoms with Crippen LogP contribution in [-0.4, -0.2) is 19.6 Å². The molecule has 1 N–H and O–H groups in total. The summed E-state index contributed by atoms with van der Waals surface area (Å²) in [5, 5.41) is 25.7. The summed E-state index contributed by atoms with van der Waals surface area (Å²) in [5.41, 5.74) is 2.78. The Bertz CT molecular complexity index is 939. The van der Waals surface area contributed by atoms with Crippen LogP contribution in [0, 0.1) is 36.5 Å². The van der Waals surface area contributed by atoms with Crippen LogP contribution in [0.15, 0.2) is 24.3 Å². The number of hydrogen-bond acceptors (Lipinski definition) is 6. The maximum atomic E-state index is 9.26. The van der Waals surface area contributed by atoms with Gasteiger partial charge in [-0.05, 0) is 26.0 Å². The fourth-order valence-corrected chi connectivity index (χ4v) is 2.07. The van der Waals surface area contributed by atoms with Crippen LogP contribution >= 0.6 is 0 Å². The molecule has 106 valence electrons. The van der Waals surface area contributed by atoms with Gasteiger partial charge < -0.3 is 5.32 Å². The molecule has 0 radical (unpaired) electrons. The molecule has 7 nitrogen and oxygen atoms in total. The van der Waals surface area contributed by atoms with Gasteiger partial charge in [-0.3, -0.25) is 0 Å². The fraction of sp³-hybridized carbons (Fsp3) is 0.133. The average Bonchev–Trinajstić information content (AvgIpc) is 2.90. The third-order valence-corrected chi connectivity index (χ3v) is 3.19. The van der Waals surface area contributed by atoms with E-state index in [4.69, 9.17) is 5.26 Å². The molecule has 0 aliphatic carbocycles. The van der Waals surface area contributed by atoms with E-state index in [-0.39, 0.29) is 17.0 Å². The lowest BCUT2D eigenvalue weighted by atomic mass is 10.2. The van der Waals surface area contributed by atoms with E-state index in [1.807, 2.05) is 43.3 Å². The van der Waals surface area contributed by atoms with Gasteiger partial charge in [-0.25, -0.2) is 4.98 Å². The summed E-state index contributed by atoms with van der Waals surface area (Å²) in [5.74, 6) is 0.602. The van der Waals surface area contributed by atoms with Crippen LogP contribution in [0.5, 0.6) is 0 Å². The molecule has 0 fully saturated rings. The van der Waals surface area contributed by atoms with Crippen molar-refractivity contribution in [3.63, 3.8) is 0 Å². The molecule has 7 heteroatoms. The number of nitrogens with zero attached hydrogens (tertiary/aromatic N) is 6. The molecule has 2 aromatic heterocycles. The highest BCUT2D eigenvalue weighted by Gasteiger charge is 2.16. The van der Waals surface area contributed by atoms with E-state index in [1.54, 1.807) is 6.92 Å². The van der Waals surface area contributed by atoms with E-state index in [2.05, 4.69) is 20.4 Å². The quantitative estimate of drug-likeness (QED) is 0.776. The van der Waals surface area contributed by atoms with Crippen LogP contribution in [0.3, 0.4) is 0 Å². The predicted octanol–water partition coefficient (Wildman–Crippen LogP) is 2.23. The van der Waals surface area contributed by atoms with Crippen LogP contribution < -0.4 is 5.32 Å². The summed E-state index contributed by atoms with van der Waals surface area (Å²) < 4.78 is 1.28. The molecule has 0 saturated heterocycles. The van der Waals surface area contributed by atoms with Gasteiger partial charge in [0.1, 0.15) is 17.7 Å². The van der Waals surface area contributed by atoms with Crippen LogP contribution in [0.4, 0.5) is 11.6 Å². The molecule has 0 atom stereocenters. The molecule has 3 rings (SSSR count). The first-order valence-electron chi connectivity index (χ1n) is 6.53. The number of fused-ring (bicyclic) bond motifs is 1. The number of nitriles is 2. The Morgan fingerprint density at radius 3 is 2.41 bits per heavy atom. The Hall–Kier alpha value is -3.45. The lowest BCUT2D eigenvalue weighted by Crippen LogP contribution is -2.04. The lowest BCUT2D eigenvalue weighted by molar-refractivity contribution is 0.906. The summed E-state index contributed by atoms with van der Waals surface area (Å²) in [6.07, 6.45) is 0. The van der Waals surface area contributed by atoms with Gasteiger partial charge in [-0.1, -0.05) is 17.7 Å². The monoisotopic (exact) mass is 289 g/mol. The van der Waals surface area contributed by atoms with Gasteiger partial charge in [0.2, 0.25) is 5.95 Å². The molecule has 0 aliphatic heterocycles. The summed E-state index contributed by atoms with van der Waals surface area (Å²) in [6.45, 7) is 3.67. The molecule has 0 amide bonds. The maximum Gasteiger partial charge on any atom is 0.255 e. The van der Waals surface area contributed by atoms with Crippen molar-refractivity contribution in [1.82, 2.24) is 19.6 Å². The highest BCUT2D eigenvalue weighted by atomic mass is 15.4. The fourth-order valence-electron chi connectivity index (χ4n) is 2.07. The van der Waals surface area contributed by atoms with Crippen molar-refractivity contribution >= 4 is 17.4 Å². The van der Waals surface area contributed by atoms with Crippen molar-refractivity contribution in [1.29, 1.82) is 10.5 Å². The molecule has 1 aromatic carbocycles. The zero-order valence-corrected chi connectivity index (χ0v) is 12.0. The number of benzene rings is 1. The molecule has 0 saturated carbocycles. The second-order valence-electron chi connectivity index (χ2n) is 4.78. The molecule has 3 aromatic rings. The van der Waals surface area contributed by atoms with Crippen LogP contribution in [0.2, 0.25) is 0 Å². The largest absolute Gasteiger partial charge is 0.323 e. The number of aryl methyl sites for hydroxylation is 2. The standard InChI is InChI=1S/C15H11N7/c1-9-3-5-11(6-4-9)19-14-20-15-18-10(2)12(7-16)13(8-17)22(15)21-14/h3-6H,1-2H3,(H,19,21). The Labute approximate surface area is 126 Å². The highest BCUT2D eigenvalue weighted by molar-refractivity contribution is 5.56. The summed E-state index contributed by atoms with van der Waals surface area (Å²) in [4.78, 5) is 8.45. The van der Waals surface area contributed by atoms with Gasteiger partial charge in [0.05, 0.1) is 5.69 Å². The first kappa shape index (κ1) is 13.5. The molecular weight excluding hydrogens is 278 g/mol.